The fourth-order valence-corrected chi connectivity index (χ4v) is 7.38. The Morgan fingerprint density at radius 2 is 0.943 bits per heavy atom. The van der Waals surface area contributed by atoms with Gasteiger partial charge in [0.15, 0.2) is 0 Å². The van der Waals surface area contributed by atoms with E-state index in [1.54, 1.807) is 12.1 Å². The van der Waals surface area contributed by atoms with Crippen molar-refractivity contribution in [2.45, 2.75) is 173 Å². The number of hydrogen-bond acceptors (Lipinski definition) is 6. The highest BCUT2D eigenvalue weighted by Gasteiger charge is 2.24. The van der Waals surface area contributed by atoms with Gasteiger partial charge in [-0.3, -0.25) is 9.98 Å². The van der Waals surface area contributed by atoms with Crippen LogP contribution in [-0.4, -0.2) is 18.8 Å². The molecule has 3 aromatic rings. The number of para-hydroxylation sites is 2. The Kier molecular flexibility index (Phi) is 22.0. The molecule has 294 valence electrons. The summed E-state index contributed by atoms with van der Waals surface area (Å²) < 4.78 is 33.2. The van der Waals surface area contributed by atoms with E-state index in [1.807, 2.05) is 58.8 Å². The molecule has 0 spiro atoms. The van der Waals surface area contributed by atoms with E-state index >= 15 is 0 Å². The van der Waals surface area contributed by atoms with Crippen LogP contribution in [0.4, 0.5) is 11.4 Å². The molecule has 7 nitrogen and oxygen atoms in total. The highest BCUT2D eigenvalue weighted by Crippen LogP contribution is 2.25. The maximum atomic E-state index is 11.8. The van der Waals surface area contributed by atoms with Gasteiger partial charge < -0.3 is 0 Å². The minimum Gasteiger partial charge on any atom is -0.282 e. The SMILES string of the molecule is CCC1=NN(c2ccccc2)N(c2ccccc2)N1.CCCCCCCCCCCCc1cc(CCCCCCCCCCCC)cc(S(=O)(=O)O)c1. The Balaban J connectivity index is 0.000000331. The molecule has 0 bridgehead atoms. The van der Waals surface area contributed by atoms with Gasteiger partial charge >= 0.3 is 0 Å². The molecule has 0 unspecified atom stereocenters. The van der Waals surface area contributed by atoms with Gasteiger partial charge in [0.2, 0.25) is 0 Å². The number of aryl methyl sites for hydroxylation is 2. The molecule has 1 heterocycles. The fourth-order valence-electron chi connectivity index (χ4n) is 6.78. The van der Waals surface area contributed by atoms with Crippen LogP contribution in [0, 0.1) is 0 Å². The first kappa shape index (κ1) is 44.0. The standard InChI is InChI=1S/C30H54O3S.C15H16N4/c1-3-5-7-9-11-13-15-17-19-21-23-28-25-29(27-30(26-28)34(31,32)33)24-22-20-18-16-14-12-10-8-6-4-2;1-2-15-16-18(13-9-5-3-6-10-13)19(17-15)14-11-7-4-8-12-14/h25-27H,3-24H2,1-2H3,(H,31,32,33);3-12H,2H2,1H3,(H,16,17). The average Bonchev–Trinajstić information content (AvgIpc) is 3.62. The van der Waals surface area contributed by atoms with Crippen LogP contribution in [0.2, 0.25) is 0 Å². The van der Waals surface area contributed by atoms with Crippen LogP contribution in [0.5, 0.6) is 0 Å². The quantitative estimate of drug-likeness (QED) is 0.0628. The van der Waals surface area contributed by atoms with E-state index in [1.165, 1.54) is 116 Å². The number of nitrogens with one attached hydrogen (secondary N) is 1. The van der Waals surface area contributed by atoms with Crippen molar-refractivity contribution in [1.29, 1.82) is 0 Å². The molecule has 0 fully saturated rings. The molecule has 1 aliphatic heterocycles. The summed E-state index contributed by atoms with van der Waals surface area (Å²) in [6, 6.07) is 25.8. The molecule has 1 aliphatic rings. The largest absolute Gasteiger partial charge is 0.294 e. The maximum Gasteiger partial charge on any atom is 0.294 e. The summed E-state index contributed by atoms with van der Waals surface area (Å²) in [7, 11) is -4.15. The molecular weight excluding hydrogens is 677 g/mol. The predicted molar refractivity (Wildman–Crippen MR) is 226 cm³/mol. The Morgan fingerprint density at radius 1 is 0.547 bits per heavy atom. The van der Waals surface area contributed by atoms with Crippen LogP contribution in [0.1, 0.15) is 167 Å². The third kappa shape index (κ3) is 18.0. The summed E-state index contributed by atoms with van der Waals surface area (Å²) in [5.74, 6) is 0.952. The van der Waals surface area contributed by atoms with Gasteiger partial charge in [-0.1, -0.05) is 179 Å². The summed E-state index contributed by atoms with van der Waals surface area (Å²) in [5, 5.41) is 8.44. The lowest BCUT2D eigenvalue weighted by molar-refractivity contribution is 0.482. The maximum absolute atomic E-state index is 11.8. The normalized spacial score (nSPS) is 12.7. The molecular formula is C45H70N4O3S. The first-order valence-electron chi connectivity index (χ1n) is 21.0. The number of benzene rings is 3. The highest BCUT2D eigenvalue weighted by atomic mass is 32.2. The second-order valence-electron chi connectivity index (χ2n) is 14.6. The minimum atomic E-state index is -4.15. The Hall–Kier alpha value is -3.36. The monoisotopic (exact) mass is 747 g/mol. The third-order valence-electron chi connectivity index (χ3n) is 9.92. The summed E-state index contributed by atoms with van der Waals surface area (Å²) in [6.45, 7) is 6.60. The van der Waals surface area contributed by atoms with E-state index in [0.29, 0.717) is 0 Å². The number of amidine groups is 1. The van der Waals surface area contributed by atoms with Gasteiger partial charge in [0.25, 0.3) is 10.1 Å². The number of rotatable bonds is 26. The number of unbranched alkanes of at least 4 members (excludes halogenated alkanes) is 18. The van der Waals surface area contributed by atoms with E-state index in [4.69, 9.17) is 0 Å². The Bertz CT molecular complexity index is 1470. The number of hydrogen-bond donors (Lipinski definition) is 2. The average molecular weight is 747 g/mol. The Morgan fingerprint density at radius 3 is 1.34 bits per heavy atom. The second kappa shape index (κ2) is 26.4. The van der Waals surface area contributed by atoms with Gasteiger partial charge in [0.1, 0.15) is 5.84 Å². The first-order chi connectivity index (χ1) is 25.9. The van der Waals surface area contributed by atoms with Gasteiger partial charge in [0, 0.05) is 6.42 Å². The highest BCUT2D eigenvalue weighted by molar-refractivity contribution is 7.85. The van der Waals surface area contributed by atoms with Crippen LogP contribution < -0.4 is 15.7 Å². The molecule has 0 radical (unpaired) electrons. The zero-order chi connectivity index (χ0) is 38.0. The van der Waals surface area contributed by atoms with Crippen LogP contribution in [-0.2, 0) is 23.0 Å². The van der Waals surface area contributed by atoms with Crippen LogP contribution in [0.3, 0.4) is 0 Å². The zero-order valence-corrected chi connectivity index (χ0v) is 34.1. The van der Waals surface area contributed by atoms with Gasteiger partial charge in [-0.15, -0.1) is 5.10 Å². The molecule has 4 rings (SSSR count). The Labute approximate surface area is 323 Å². The van der Waals surface area contributed by atoms with Crippen molar-refractivity contribution < 1.29 is 13.0 Å². The molecule has 0 saturated carbocycles. The van der Waals surface area contributed by atoms with Crippen LogP contribution in [0.15, 0.2) is 88.9 Å². The van der Waals surface area contributed by atoms with Crippen molar-refractivity contribution in [2.24, 2.45) is 5.10 Å². The molecule has 8 heteroatoms. The van der Waals surface area contributed by atoms with E-state index in [2.05, 4.69) is 49.5 Å². The van der Waals surface area contributed by atoms with Crippen molar-refractivity contribution in [3.05, 3.63) is 90.0 Å². The number of hydrazone groups is 1. The number of nitrogens with zero attached hydrogens (tertiary/aromatic N) is 3. The van der Waals surface area contributed by atoms with E-state index in [9.17, 15) is 13.0 Å². The first-order valence-corrected chi connectivity index (χ1v) is 22.4. The van der Waals surface area contributed by atoms with Crippen molar-refractivity contribution in [3.63, 3.8) is 0 Å². The van der Waals surface area contributed by atoms with Crippen LogP contribution in [0.25, 0.3) is 0 Å². The van der Waals surface area contributed by atoms with Crippen molar-refractivity contribution in [1.82, 2.24) is 5.43 Å². The predicted octanol–water partition coefficient (Wildman–Crippen LogP) is 13.0. The summed E-state index contributed by atoms with van der Waals surface area (Å²) in [4.78, 5) is 0.0687. The van der Waals surface area contributed by atoms with Crippen LogP contribution >= 0.6 is 0 Å². The number of anilines is 2. The lowest BCUT2D eigenvalue weighted by atomic mass is 9.99. The summed E-state index contributed by atoms with van der Waals surface area (Å²) in [6.07, 6.45) is 28.6. The van der Waals surface area contributed by atoms with Gasteiger partial charge in [-0.2, -0.15) is 18.7 Å². The summed E-state index contributed by atoms with van der Waals surface area (Å²) in [5.41, 5.74) is 7.50. The smallest absolute Gasteiger partial charge is 0.282 e. The van der Waals surface area contributed by atoms with Gasteiger partial charge in [0.05, 0.1) is 16.3 Å². The van der Waals surface area contributed by atoms with E-state index in [0.717, 1.165) is 60.4 Å². The molecule has 3 aromatic carbocycles. The van der Waals surface area contributed by atoms with E-state index < -0.39 is 10.1 Å². The molecule has 0 aliphatic carbocycles. The third-order valence-corrected chi connectivity index (χ3v) is 10.8. The van der Waals surface area contributed by atoms with Crippen molar-refractivity contribution >= 4 is 27.3 Å². The number of hydrazine groups is 2. The van der Waals surface area contributed by atoms with Crippen molar-refractivity contribution in [2.75, 3.05) is 10.2 Å². The minimum absolute atomic E-state index is 0.0687. The fraction of sp³-hybridized carbons (Fsp3) is 0.578. The molecule has 53 heavy (non-hydrogen) atoms. The topological polar surface area (TPSA) is 85.2 Å². The lowest BCUT2D eigenvalue weighted by Crippen LogP contribution is -2.44. The lowest BCUT2D eigenvalue weighted by Gasteiger charge is -2.27. The van der Waals surface area contributed by atoms with Gasteiger partial charge in [-0.25, -0.2) is 0 Å². The molecule has 0 atom stereocenters. The van der Waals surface area contributed by atoms with E-state index in [-0.39, 0.29) is 4.90 Å². The van der Waals surface area contributed by atoms with Crippen molar-refractivity contribution in [3.8, 4) is 0 Å². The zero-order valence-electron chi connectivity index (χ0n) is 33.3. The molecule has 0 saturated heterocycles. The van der Waals surface area contributed by atoms with Gasteiger partial charge in [-0.05, 0) is 73.2 Å². The second-order valence-corrected chi connectivity index (χ2v) is 16.0. The molecule has 0 amide bonds. The summed E-state index contributed by atoms with van der Waals surface area (Å²) >= 11 is 0. The molecule has 0 aromatic heterocycles. The molecule has 2 N–H and O–H groups in total.